The molecule has 128 valence electrons. The van der Waals surface area contributed by atoms with Gasteiger partial charge in [0, 0.05) is 29.3 Å². The van der Waals surface area contributed by atoms with Crippen molar-refractivity contribution in [3.8, 4) is 11.1 Å². The van der Waals surface area contributed by atoms with Gasteiger partial charge in [-0.05, 0) is 55.8 Å². The largest absolute Gasteiger partial charge is 0.346 e. The molecule has 1 saturated heterocycles. The third-order valence-corrected chi connectivity index (χ3v) is 4.71. The highest BCUT2D eigenvalue weighted by Gasteiger charge is 2.21. The van der Waals surface area contributed by atoms with Gasteiger partial charge in [0.05, 0.1) is 0 Å². The molecule has 3 aromatic heterocycles. The van der Waals surface area contributed by atoms with Crippen molar-refractivity contribution in [3.05, 3.63) is 41.8 Å². The number of aromatic nitrogens is 3. The number of rotatable bonds is 3. The highest BCUT2D eigenvalue weighted by molar-refractivity contribution is 6.30. The monoisotopic (exact) mass is 355 g/mol. The van der Waals surface area contributed by atoms with Crippen LogP contribution in [0.2, 0.25) is 5.15 Å². The molecule has 0 spiro atoms. The van der Waals surface area contributed by atoms with E-state index in [0.29, 0.717) is 11.0 Å². The number of H-pyrrole nitrogens is 1. The van der Waals surface area contributed by atoms with Gasteiger partial charge in [-0.1, -0.05) is 11.6 Å². The summed E-state index contributed by atoms with van der Waals surface area (Å²) in [5, 5.41) is 7.52. The summed E-state index contributed by atoms with van der Waals surface area (Å²) in [5.74, 6) is 0.495. The summed E-state index contributed by atoms with van der Waals surface area (Å²) in [6.45, 7) is 1.74. The molecule has 3 aromatic rings. The van der Waals surface area contributed by atoms with Crippen molar-refractivity contribution in [2.24, 2.45) is 5.92 Å². The molecule has 0 bridgehead atoms. The standard InChI is InChI=1S/C18H18ClN5O/c19-15-8-12(14-10-22-17-13(14)2-1-5-21-17)9-16(23-15)24-18(25)11-3-6-20-7-4-11/h1-2,5,8-11,20H,3-4,6-7H2,(H,21,22)(H,23,24,25). The van der Waals surface area contributed by atoms with Gasteiger partial charge in [-0.25, -0.2) is 9.97 Å². The number of piperidine rings is 1. The van der Waals surface area contributed by atoms with Gasteiger partial charge in [-0.2, -0.15) is 0 Å². The van der Waals surface area contributed by atoms with Crippen LogP contribution >= 0.6 is 11.6 Å². The molecule has 0 aromatic carbocycles. The van der Waals surface area contributed by atoms with Gasteiger partial charge in [-0.15, -0.1) is 0 Å². The van der Waals surface area contributed by atoms with Crippen molar-refractivity contribution in [2.45, 2.75) is 12.8 Å². The van der Waals surface area contributed by atoms with Crippen LogP contribution in [0.4, 0.5) is 5.82 Å². The lowest BCUT2D eigenvalue weighted by Crippen LogP contribution is -2.34. The minimum absolute atomic E-state index is 0.00260. The molecule has 1 fully saturated rings. The number of aromatic amines is 1. The highest BCUT2D eigenvalue weighted by Crippen LogP contribution is 2.30. The molecule has 1 aliphatic heterocycles. The molecule has 0 saturated carbocycles. The summed E-state index contributed by atoms with van der Waals surface area (Å²) in [6.07, 6.45) is 5.31. The second-order valence-corrected chi connectivity index (χ2v) is 6.57. The molecule has 1 amide bonds. The Morgan fingerprint density at radius 3 is 2.96 bits per heavy atom. The van der Waals surface area contributed by atoms with E-state index < -0.39 is 0 Å². The second-order valence-electron chi connectivity index (χ2n) is 6.18. The maximum Gasteiger partial charge on any atom is 0.228 e. The minimum Gasteiger partial charge on any atom is -0.346 e. The van der Waals surface area contributed by atoms with Crippen molar-refractivity contribution in [1.29, 1.82) is 0 Å². The predicted molar refractivity (Wildman–Crippen MR) is 98.6 cm³/mol. The average molecular weight is 356 g/mol. The smallest absolute Gasteiger partial charge is 0.228 e. The summed E-state index contributed by atoms with van der Waals surface area (Å²) >= 11 is 6.19. The zero-order valence-electron chi connectivity index (χ0n) is 13.6. The molecule has 1 aliphatic rings. The first-order chi connectivity index (χ1) is 12.2. The highest BCUT2D eigenvalue weighted by atomic mass is 35.5. The quantitative estimate of drug-likeness (QED) is 0.630. The van der Waals surface area contributed by atoms with Crippen molar-refractivity contribution in [3.63, 3.8) is 0 Å². The van der Waals surface area contributed by atoms with Gasteiger partial charge in [0.15, 0.2) is 0 Å². The Kier molecular flexibility index (Phi) is 4.38. The van der Waals surface area contributed by atoms with Crippen LogP contribution in [-0.4, -0.2) is 33.9 Å². The lowest BCUT2D eigenvalue weighted by Gasteiger charge is -2.21. The molecule has 0 unspecified atom stereocenters. The number of amides is 1. The number of hydrogen-bond acceptors (Lipinski definition) is 4. The van der Waals surface area contributed by atoms with Crippen molar-refractivity contribution >= 4 is 34.4 Å². The van der Waals surface area contributed by atoms with Crippen molar-refractivity contribution in [1.82, 2.24) is 20.3 Å². The summed E-state index contributed by atoms with van der Waals surface area (Å²) in [7, 11) is 0. The zero-order valence-corrected chi connectivity index (χ0v) is 14.3. The second kappa shape index (κ2) is 6.82. The molecule has 3 N–H and O–H groups in total. The van der Waals surface area contributed by atoms with E-state index in [4.69, 9.17) is 11.6 Å². The number of carbonyl (C=O) groups is 1. The molecule has 0 atom stereocenters. The Labute approximate surface area is 150 Å². The number of nitrogens with one attached hydrogen (secondary N) is 3. The SMILES string of the molecule is O=C(Nc1cc(-c2c[nH]c3ncccc23)cc(Cl)n1)C1CCNCC1. The van der Waals surface area contributed by atoms with Crippen LogP contribution in [0.5, 0.6) is 0 Å². The molecule has 6 nitrogen and oxygen atoms in total. The van der Waals surface area contributed by atoms with Gasteiger partial charge in [0.2, 0.25) is 5.91 Å². The Morgan fingerprint density at radius 1 is 1.28 bits per heavy atom. The zero-order chi connectivity index (χ0) is 17.2. The maximum absolute atomic E-state index is 12.5. The molecule has 25 heavy (non-hydrogen) atoms. The molecule has 4 rings (SSSR count). The number of fused-ring (bicyclic) bond motifs is 1. The predicted octanol–water partition coefficient (Wildman–Crippen LogP) is 3.22. The van der Waals surface area contributed by atoms with E-state index >= 15 is 0 Å². The van der Waals surface area contributed by atoms with Gasteiger partial charge >= 0.3 is 0 Å². The lowest BCUT2D eigenvalue weighted by molar-refractivity contribution is -0.120. The van der Waals surface area contributed by atoms with Gasteiger partial charge < -0.3 is 15.6 Å². The number of carbonyl (C=O) groups excluding carboxylic acids is 1. The number of anilines is 1. The van der Waals surface area contributed by atoms with E-state index in [1.807, 2.05) is 24.4 Å². The van der Waals surface area contributed by atoms with Crippen LogP contribution in [0.1, 0.15) is 12.8 Å². The van der Waals surface area contributed by atoms with E-state index in [0.717, 1.165) is 48.1 Å². The first-order valence-electron chi connectivity index (χ1n) is 8.32. The fourth-order valence-electron chi connectivity index (χ4n) is 3.22. The Bertz CT molecular complexity index is 917. The van der Waals surface area contributed by atoms with Gasteiger partial charge in [0.1, 0.15) is 16.6 Å². The Balaban J connectivity index is 1.63. The first kappa shape index (κ1) is 16.1. The fourth-order valence-corrected chi connectivity index (χ4v) is 3.43. The third kappa shape index (κ3) is 3.36. The molecular weight excluding hydrogens is 338 g/mol. The van der Waals surface area contributed by atoms with Crippen LogP contribution in [0.3, 0.4) is 0 Å². The summed E-state index contributed by atoms with van der Waals surface area (Å²) in [4.78, 5) is 24.2. The number of pyridine rings is 2. The molecule has 7 heteroatoms. The van der Waals surface area contributed by atoms with E-state index in [9.17, 15) is 4.79 Å². The van der Waals surface area contributed by atoms with E-state index in [2.05, 4.69) is 25.6 Å². The van der Waals surface area contributed by atoms with Gasteiger partial charge in [-0.3, -0.25) is 4.79 Å². The first-order valence-corrected chi connectivity index (χ1v) is 8.70. The molecule has 4 heterocycles. The van der Waals surface area contributed by atoms with Crippen molar-refractivity contribution in [2.75, 3.05) is 18.4 Å². The van der Waals surface area contributed by atoms with E-state index in [1.54, 1.807) is 12.3 Å². The van der Waals surface area contributed by atoms with Crippen LogP contribution < -0.4 is 10.6 Å². The maximum atomic E-state index is 12.5. The number of nitrogens with zero attached hydrogens (tertiary/aromatic N) is 2. The van der Waals surface area contributed by atoms with Crippen LogP contribution in [0.25, 0.3) is 22.2 Å². The molecule has 0 aliphatic carbocycles. The topological polar surface area (TPSA) is 82.7 Å². The summed E-state index contributed by atoms with van der Waals surface area (Å²) < 4.78 is 0. The van der Waals surface area contributed by atoms with Crippen LogP contribution in [0.15, 0.2) is 36.7 Å². The van der Waals surface area contributed by atoms with Crippen LogP contribution in [0, 0.1) is 5.92 Å². The Morgan fingerprint density at radius 2 is 2.12 bits per heavy atom. The molecule has 0 radical (unpaired) electrons. The van der Waals surface area contributed by atoms with E-state index in [-0.39, 0.29) is 11.8 Å². The average Bonchev–Trinajstić information content (AvgIpc) is 3.06. The molecular formula is C18H18ClN5O. The minimum atomic E-state index is 0.00260. The summed E-state index contributed by atoms with van der Waals surface area (Å²) in [5.41, 5.74) is 2.68. The third-order valence-electron chi connectivity index (χ3n) is 4.52. The van der Waals surface area contributed by atoms with Gasteiger partial charge in [0.25, 0.3) is 0 Å². The number of halogens is 1. The van der Waals surface area contributed by atoms with Crippen molar-refractivity contribution < 1.29 is 4.79 Å². The fraction of sp³-hybridized carbons (Fsp3) is 0.278. The van der Waals surface area contributed by atoms with Crippen LogP contribution in [-0.2, 0) is 4.79 Å². The van der Waals surface area contributed by atoms with E-state index in [1.165, 1.54) is 0 Å². The number of hydrogen-bond donors (Lipinski definition) is 3. The summed E-state index contributed by atoms with van der Waals surface area (Å²) in [6, 6.07) is 7.52. The normalized spacial score (nSPS) is 15.4. The Hall–Kier alpha value is -2.44. The lowest BCUT2D eigenvalue weighted by atomic mass is 9.97.